The number of carbonyl (C=O) groups excluding carboxylic acids is 2. The Kier molecular flexibility index (Phi) is 5.22. The molecule has 3 atom stereocenters. The van der Waals surface area contributed by atoms with E-state index in [0.717, 1.165) is 30.6 Å². The van der Waals surface area contributed by atoms with Crippen LogP contribution >= 0.6 is 0 Å². The summed E-state index contributed by atoms with van der Waals surface area (Å²) in [5.74, 6) is 1.53. The van der Waals surface area contributed by atoms with Crippen molar-refractivity contribution in [2.24, 2.45) is 11.8 Å². The van der Waals surface area contributed by atoms with E-state index in [9.17, 15) is 9.59 Å². The number of rotatable bonds is 4. The maximum atomic E-state index is 12.4. The summed E-state index contributed by atoms with van der Waals surface area (Å²) >= 11 is 0. The van der Waals surface area contributed by atoms with Crippen molar-refractivity contribution in [2.75, 3.05) is 11.4 Å². The predicted molar refractivity (Wildman–Crippen MR) is 95.8 cm³/mol. The van der Waals surface area contributed by atoms with Gasteiger partial charge in [0.2, 0.25) is 11.8 Å². The Labute approximate surface area is 144 Å². The van der Waals surface area contributed by atoms with Gasteiger partial charge in [0.05, 0.1) is 6.42 Å². The van der Waals surface area contributed by atoms with Crippen LogP contribution in [-0.2, 0) is 16.0 Å². The highest BCUT2D eigenvalue weighted by Gasteiger charge is 2.28. The van der Waals surface area contributed by atoms with E-state index in [4.69, 9.17) is 0 Å². The molecule has 130 valence electrons. The van der Waals surface area contributed by atoms with Crippen LogP contribution in [0, 0.1) is 11.8 Å². The lowest BCUT2D eigenvalue weighted by Gasteiger charge is -2.34. The molecule has 1 aromatic carbocycles. The molecule has 0 unspecified atom stereocenters. The summed E-state index contributed by atoms with van der Waals surface area (Å²) in [6, 6.07) is 8.15. The minimum atomic E-state index is 0.103. The van der Waals surface area contributed by atoms with E-state index in [1.807, 2.05) is 29.2 Å². The van der Waals surface area contributed by atoms with Crippen LogP contribution in [0.15, 0.2) is 24.3 Å². The van der Waals surface area contributed by atoms with Gasteiger partial charge in [-0.25, -0.2) is 0 Å². The molecule has 4 nitrogen and oxygen atoms in total. The molecule has 1 saturated heterocycles. The lowest BCUT2D eigenvalue weighted by Crippen LogP contribution is -2.44. The molecule has 1 N–H and O–H groups in total. The van der Waals surface area contributed by atoms with Gasteiger partial charge in [-0.1, -0.05) is 38.8 Å². The SMILES string of the molecule is C[C@H]1[C@H](C)CCC[C@@H]1NC(=O)Cc1ccc(N2CCCC2=O)cc1. The fraction of sp³-hybridized carbons (Fsp3) is 0.600. The summed E-state index contributed by atoms with van der Waals surface area (Å²) < 4.78 is 0. The summed E-state index contributed by atoms with van der Waals surface area (Å²) in [7, 11) is 0. The normalized spacial score (nSPS) is 27.3. The average Bonchev–Trinajstić information content (AvgIpc) is 2.99. The van der Waals surface area contributed by atoms with Crippen LogP contribution in [0.25, 0.3) is 0 Å². The first-order valence-corrected chi connectivity index (χ1v) is 9.23. The number of benzene rings is 1. The molecule has 2 amide bonds. The Hall–Kier alpha value is -1.84. The smallest absolute Gasteiger partial charge is 0.227 e. The zero-order valence-electron chi connectivity index (χ0n) is 14.8. The topological polar surface area (TPSA) is 49.4 Å². The number of nitrogens with one attached hydrogen (secondary N) is 1. The molecular weight excluding hydrogens is 300 g/mol. The van der Waals surface area contributed by atoms with Crippen LogP contribution in [0.4, 0.5) is 5.69 Å². The zero-order valence-corrected chi connectivity index (χ0v) is 14.8. The minimum absolute atomic E-state index is 0.103. The molecule has 1 saturated carbocycles. The van der Waals surface area contributed by atoms with Gasteiger partial charge in [0, 0.05) is 24.7 Å². The second-order valence-electron chi connectivity index (χ2n) is 7.43. The lowest BCUT2D eigenvalue weighted by atomic mass is 9.78. The largest absolute Gasteiger partial charge is 0.353 e. The van der Waals surface area contributed by atoms with Gasteiger partial charge in [0.1, 0.15) is 0 Å². The Morgan fingerprint density at radius 2 is 1.92 bits per heavy atom. The zero-order chi connectivity index (χ0) is 17.1. The van der Waals surface area contributed by atoms with Gasteiger partial charge < -0.3 is 10.2 Å². The Bertz CT molecular complexity index is 596. The standard InChI is InChI=1S/C20H28N2O2/c1-14-5-3-6-18(15(14)2)21-19(23)13-16-8-10-17(11-9-16)22-12-4-7-20(22)24/h8-11,14-15,18H,3-7,12-13H2,1-2H3,(H,21,23)/t14-,15+,18+/m1/s1. The molecule has 1 aliphatic heterocycles. The first kappa shape index (κ1) is 17.0. The average molecular weight is 328 g/mol. The van der Waals surface area contributed by atoms with Crippen LogP contribution in [0.1, 0.15) is 51.5 Å². The van der Waals surface area contributed by atoms with Crippen molar-refractivity contribution in [1.29, 1.82) is 0 Å². The lowest BCUT2D eigenvalue weighted by molar-refractivity contribution is -0.122. The molecule has 2 aliphatic rings. The highest BCUT2D eigenvalue weighted by atomic mass is 16.2. The molecule has 1 aliphatic carbocycles. The minimum Gasteiger partial charge on any atom is -0.353 e. The van der Waals surface area contributed by atoms with Gasteiger partial charge in [-0.3, -0.25) is 9.59 Å². The number of amides is 2. The van der Waals surface area contributed by atoms with E-state index in [-0.39, 0.29) is 11.8 Å². The van der Waals surface area contributed by atoms with Crippen LogP contribution in [0.3, 0.4) is 0 Å². The first-order valence-electron chi connectivity index (χ1n) is 9.23. The molecule has 1 heterocycles. The summed E-state index contributed by atoms with van der Waals surface area (Å²) in [6.07, 6.45) is 5.54. The summed E-state index contributed by atoms with van der Waals surface area (Å²) in [6.45, 7) is 5.33. The summed E-state index contributed by atoms with van der Waals surface area (Å²) in [4.78, 5) is 26.0. The van der Waals surface area contributed by atoms with Crippen molar-refractivity contribution >= 4 is 17.5 Å². The second kappa shape index (κ2) is 7.37. The monoisotopic (exact) mass is 328 g/mol. The summed E-state index contributed by atoms with van der Waals surface area (Å²) in [5.41, 5.74) is 1.94. The van der Waals surface area contributed by atoms with Crippen LogP contribution < -0.4 is 10.2 Å². The van der Waals surface area contributed by atoms with Gasteiger partial charge in [-0.2, -0.15) is 0 Å². The molecule has 24 heavy (non-hydrogen) atoms. The van der Waals surface area contributed by atoms with Crippen LogP contribution in [0.2, 0.25) is 0 Å². The van der Waals surface area contributed by atoms with Crippen molar-refractivity contribution in [3.63, 3.8) is 0 Å². The number of anilines is 1. The highest BCUT2D eigenvalue weighted by Crippen LogP contribution is 2.29. The van der Waals surface area contributed by atoms with E-state index in [1.165, 1.54) is 12.8 Å². The Morgan fingerprint density at radius 1 is 1.17 bits per heavy atom. The van der Waals surface area contributed by atoms with E-state index >= 15 is 0 Å². The van der Waals surface area contributed by atoms with Gasteiger partial charge in [-0.05, 0) is 42.4 Å². The number of hydrogen-bond donors (Lipinski definition) is 1. The number of hydrogen-bond acceptors (Lipinski definition) is 2. The fourth-order valence-corrected chi connectivity index (χ4v) is 3.94. The van der Waals surface area contributed by atoms with Gasteiger partial charge >= 0.3 is 0 Å². The molecule has 1 aromatic rings. The second-order valence-corrected chi connectivity index (χ2v) is 7.43. The molecule has 3 rings (SSSR count). The molecule has 0 spiro atoms. The third kappa shape index (κ3) is 3.80. The van der Waals surface area contributed by atoms with Crippen molar-refractivity contribution in [3.05, 3.63) is 29.8 Å². The maximum absolute atomic E-state index is 12.4. The molecule has 0 radical (unpaired) electrons. The Morgan fingerprint density at radius 3 is 2.58 bits per heavy atom. The quantitative estimate of drug-likeness (QED) is 0.922. The molecule has 4 heteroatoms. The third-order valence-corrected chi connectivity index (χ3v) is 5.74. The molecular formula is C20H28N2O2. The van der Waals surface area contributed by atoms with Crippen molar-refractivity contribution in [2.45, 2.75) is 58.4 Å². The van der Waals surface area contributed by atoms with Crippen LogP contribution in [0.5, 0.6) is 0 Å². The highest BCUT2D eigenvalue weighted by molar-refractivity contribution is 5.95. The van der Waals surface area contributed by atoms with Crippen LogP contribution in [-0.4, -0.2) is 24.4 Å². The van der Waals surface area contributed by atoms with Gasteiger partial charge in [-0.15, -0.1) is 0 Å². The molecule has 2 fully saturated rings. The molecule has 0 aromatic heterocycles. The summed E-state index contributed by atoms with van der Waals surface area (Å²) in [5, 5.41) is 3.22. The van der Waals surface area contributed by atoms with Gasteiger partial charge in [0.25, 0.3) is 0 Å². The predicted octanol–water partition coefficient (Wildman–Crippen LogP) is 3.30. The van der Waals surface area contributed by atoms with Gasteiger partial charge in [0.15, 0.2) is 0 Å². The van der Waals surface area contributed by atoms with Crippen molar-refractivity contribution in [3.8, 4) is 0 Å². The Balaban J connectivity index is 1.55. The molecule has 0 bridgehead atoms. The fourth-order valence-electron chi connectivity index (χ4n) is 3.94. The van der Waals surface area contributed by atoms with Crippen molar-refractivity contribution < 1.29 is 9.59 Å². The van der Waals surface area contributed by atoms with Crippen molar-refractivity contribution in [1.82, 2.24) is 5.32 Å². The maximum Gasteiger partial charge on any atom is 0.227 e. The first-order chi connectivity index (χ1) is 11.5. The van der Waals surface area contributed by atoms with E-state index in [0.29, 0.717) is 30.7 Å². The number of carbonyl (C=O) groups is 2. The van der Waals surface area contributed by atoms with E-state index in [1.54, 1.807) is 0 Å². The van der Waals surface area contributed by atoms with E-state index in [2.05, 4.69) is 19.2 Å². The number of nitrogens with zero attached hydrogens (tertiary/aromatic N) is 1. The third-order valence-electron chi connectivity index (χ3n) is 5.74. The van der Waals surface area contributed by atoms with E-state index < -0.39 is 0 Å².